The average Bonchev–Trinajstić information content (AvgIpc) is 3.74. The number of hydrogen-bond donors (Lipinski definition) is 0. The zero-order chi connectivity index (χ0) is 33.0. The summed E-state index contributed by atoms with van der Waals surface area (Å²) in [4.78, 5) is 15.0. The molecular formula is C46H30N4. The smallest absolute Gasteiger partial charge is 0.164 e. The van der Waals surface area contributed by atoms with E-state index in [1.807, 2.05) is 36.4 Å². The van der Waals surface area contributed by atoms with Crippen LogP contribution in [0.3, 0.4) is 0 Å². The van der Waals surface area contributed by atoms with Crippen LogP contribution in [0.15, 0.2) is 170 Å². The summed E-state index contributed by atoms with van der Waals surface area (Å²) in [5.74, 6) is 2.05. The van der Waals surface area contributed by atoms with Gasteiger partial charge in [-0.2, -0.15) is 0 Å². The fourth-order valence-corrected chi connectivity index (χ4v) is 7.53. The number of aromatic nitrogens is 4. The molecule has 50 heavy (non-hydrogen) atoms. The SMILES string of the molecule is c1ccc(-c2nc(-c3ccccc3)nc(-c3cccc4c3Cc3ccc(-c5ccc6c(c5)c5ccccc5n6-c5ccccc5)cc3-4)n2)cc1. The zero-order valence-electron chi connectivity index (χ0n) is 27.2. The molecule has 0 saturated carbocycles. The Morgan fingerprint density at radius 3 is 1.70 bits per heavy atom. The molecule has 2 aromatic heterocycles. The zero-order valence-corrected chi connectivity index (χ0v) is 27.2. The van der Waals surface area contributed by atoms with Gasteiger partial charge in [-0.05, 0) is 76.2 Å². The quantitative estimate of drug-likeness (QED) is 0.188. The van der Waals surface area contributed by atoms with Crippen LogP contribution in [0, 0.1) is 0 Å². The molecule has 0 spiro atoms. The van der Waals surface area contributed by atoms with E-state index in [9.17, 15) is 0 Å². The highest BCUT2D eigenvalue weighted by atomic mass is 15.0. The summed E-state index contributed by atoms with van der Waals surface area (Å²) >= 11 is 0. The molecule has 10 rings (SSSR count). The van der Waals surface area contributed by atoms with Crippen LogP contribution < -0.4 is 0 Å². The third kappa shape index (κ3) is 4.65. The molecule has 0 saturated heterocycles. The lowest BCUT2D eigenvalue weighted by Gasteiger charge is -2.11. The van der Waals surface area contributed by atoms with Gasteiger partial charge in [0.25, 0.3) is 0 Å². The van der Waals surface area contributed by atoms with Crippen molar-refractivity contribution in [1.29, 1.82) is 0 Å². The molecule has 0 atom stereocenters. The third-order valence-electron chi connectivity index (χ3n) is 9.90. The van der Waals surface area contributed by atoms with Gasteiger partial charge < -0.3 is 4.57 Å². The first-order chi connectivity index (χ1) is 24.8. The van der Waals surface area contributed by atoms with Gasteiger partial charge in [-0.15, -0.1) is 0 Å². The second kappa shape index (κ2) is 11.5. The first kappa shape index (κ1) is 28.4. The van der Waals surface area contributed by atoms with Gasteiger partial charge in [0, 0.05) is 33.2 Å². The normalized spacial score (nSPS) is 11.9. The van der Waals surface area contributed by atoms with Gasteiger partial charge in [-0.1, -0.05) is 133 Å². The Balaban J connectivity index is 1.08. The van der Waals surface area contributed by atoms with Crippen LogP contribution in [0.2, 0.25) is 0 Å². The van der Waals surface area contributed by atoms with Crippen molar-refractivity contribution in [3.8, 4) is 62.1 Å². The molecule has 2 heterocycles. The van der Waals surface area contributed by atoms with Crippen LogP contribution in [0.5, 0.6) is 0 Å². The number of rotatable bonds is 5. The van der Waals surface area contributed by atoms with Crippen LogP contribution in [0.25, 0.3) is 83.9 Å². The molecule has 0 bridgehead atoms. The van der Waals surface area contributed by atoms with Gasteiger partial charge >= 0.3 is 0 Å². The molecule has 9 aromatic rings. The second-order valence-electron chi connectivity index (χ2n) is 12.8. The summed E-state index contributed by atoms with van der Waals surface area (Å²) in [7, 11) is 0. The largest absolute Gasteiger partial charge is 0.309 e. The molecule has 4 nitrogen and oxygen atoms in total. The van der Waals surface area contributed by atoms with Crippen LogP contribution in [-0.2, 0) is 6.42 Å². The lowest BCUT2D eigenvalue weighted by molar-refractivity contribution is 1.07. The van der Waals surface area contributed by atoms with Crippen molar-refractivity contribution in [3.05, 3.63) is 181 Å². The number of benzene rings is 7. The van der Waals surface area contributed by atoms with Gasteiger partial charge in [0.15, 0.2) is 17.5 Å². The minimum Gasteiger partial charge on any atom is -0.309 e. The molecule has 0 radical (unpaired) electrons. The summed E-state index contributed by atoms with van der Waals surface area (Å²) in [6, 6.07) is 60.0. The molecule has 0 aliphatic heterocycles. The van der Waals surface area contributed by atoms with E-state index < -0.39 is 0 Å². The third-order valence-corrected chi connectivity index (χ3v) is 9.90. The fraction of sp³-hybridized carbons (Fsp3) is 0.0217. The van der Waals surface area contributed by atoms with E-state index in [0.717, 1.165) is 23.1 Å². The van der Waals surface area contributed by atoms with Crippen LogP contribution in [0.4, 0.5) is 0 Å². The standard InChI is InChI=1S/C46H30N4/c1-4-13-30(14-5-1)44-47-45(31-15-6-2-7-16-31)49-46(48-44)38-21-12-20-36-39-27-32(23-24-34(39)29-40(36)38)33-25-26-43-41(28-33)37-19-10-11-22-42(37)50(43)35-17-8-3-9-18-35/h1-28H,29H2. The molecule has 7 aromatic carbocycles. The fourth-order valence-electron chi connectivity index (χ4n) is 7.53. The lowest BCUT2D eigenvalue weighted by atomic mass is 9.97. The lowest BCUT2D eigenvalue weighted by Crippen LogP contribution is -2.01. The highest BCUT2D eigenvalue weighted by Crippen LogP contribution is 2.43. The monoisotopic (exact) mass is 638 g/mol. The van der Waals surface area contributed by atoms with Crippen LogP contribution in [0.1, 0.15) is 11.1 Å². The van der Waals surface area contributed by atoms with E-state index in [-0.39, 0.29) is 0 Å². The highest BCUT2D eigenvalue weighted by molar-refractivity contribution is 6.10. The minimum atomic E-state index is 0.675. The van der Waals surface area contributed by atoms with Gasteiger partial charge in [0.05, 0.1) is 11.0 Å². The van der Waals surface area contributed by atoms with E-state index >= 15 is 0 Å². The number of para-hydroxylation sites is 2. The molecule has 4 heteroatoms. The maximum Gasteiger partial charge on any atom is 0.164 e. The molecule has 0 amide bonds. The van der Waals surface area contributed by atoms with Crippen molar-refractivity contribution < 1.29 is 0 Å². The van der Waals surface area contributed by atoms with Gasteiger partial charge in [0.1, 0.15) is 0 Å². The Labute approximate surface area is 290 Å². The van der Waals surface area contributed by atoms with Crippen LogP contribution in [-0.4, -0.2) is 19.5 Å². The summed E-state index contributed by atoms with van der Waals surface area (Å²) in [6.45, 7) is 0. The van der Waals surface area contributed by atoms with Crippen molar-refractivity contribution >= 4 is 21.8 Å². The number of hydrogen-bond acceptors (Lipinski definition) is 3. The summed E-state index contributed by atoms with van der Waals surface area (Å²) in [5.41, 5.74) is 14.1. The minimum absolute atomic E-state index is 0.675. The van der Waals surface area contributed by atoms with Gasteiger partial charge in [-0.3, -0.25) is 0 Å². The first-order valence-electron chi connectivity index (χ1n) is 17.0. The molecule has 234 valence electrons. The molecule has 1 aliphatic carbocycles. The predicted molar refractivity (Wildman–Crippen MR) is 204 cm³/mol. The van der Waals surface area contributed by atoms with Crippen molar-refractivity contribution in [3.63, 3.8) is 0 Å². The summed E-state index contributed by atoms with van der Waals surface area (Å²) < 4.78 is 2.36. The van der Waals surface area contributed by atoms with Crippen LogP contribution >= 0.6 is 0 Å². The topological polar surface area (TPSA) is 43.6 Å². The number of nitrogens with zero attached hydrogens (tertiary/aromatic N) is 4. The van der Waals surface area contributed by atoms with E-state index in [0.29, 0.717) is 17.5 Å². The maximum absolute atomic E-state index is 5.06. The van der Waals surface area contributed by atoms with E-state index in [2.05, 4.69) is 138 Å². The second-order valence-corrected chi connectivity index (χ2v) is 12.8. The summed E-state index contributed by atoms with van der Waals surface area (Å²) in [6.07, 6.45) is 0.831. The Bertz CT molecular complexity index is 2660. The van der Waals surface area contributed by atoms with Gasteiger partial charge in [0.2, 0.25) is 0 Å². The van der Waals surface area contributed by atoms with Crippen molar-refractivity contribution in [2.75, 3.05) is 0 Å². The summed E-state index contributed by atoms with van der Waals surface area (Å²) in [5, 5.41) is 2.51. The molecule has 0 N–H and O–H groups in total. The molecule has 0 fully saturated rings. The van der Waals surface area contributed by atoms with E-state index in [1.54, 1.807) is 0 Å². The van der Waals surface area contributed by atoms with E-state index in [4.69, 9.17) is 15.0 Å². The Morgan fingerprint density at radius 2 is 0.960 bits per heavy atom. The molecule has 0 unspecified atom stereocenters. The Kier molecular flexibility index (Phi) is 6.53. The molecular weight excluding hydrogens is 609 g/mol. The van der Waals surface area contributed by atoms with Crippen molar-refractivity contribution in [1.82, 2.24) is 19.5 Å². The molecule has 1 aliphatic rings. The average molecular weight is 639 g/mol. The maximum atomic E-state index is 5.06. The Hall–Kier alpha value is -6.65. The predicted octanol–water partition coefficient (Wildman–Crippen LogP) is 11.2. The first-order valence-corrected chi connectivity index (χ1v) is 17.0. The van der Waals surface area contributed by atoms with Crippen molar-refractivity contribution in [2.24, 2.45) is 0 Å². The highest BCUT2D eigenvalue weighted by Gasteiger charge is 2.24. The van der Waals surface area contributed by atoms with E-state index in [1.165, 1.54) is 60.9 Å². The Morgan fingerprint density at radius 1 is 0.380 bits per heavy atom. The van der Waals surface area contributed by atoms with Crippen molar-refractivity contribution in [2.45, 2.75) is 6.42 Å². The number of fused-ring (bicyclic) bond motifs is 6. The van der Waals surface area contributed by atoms with Gasteiger partial charge in [-0.25, -0.2) is 15.0 Å².